The molecule has 1 aromatic carbocycles. The predicted octanol–water partition coefficient (Wildman–Crippen LogP) is 2.68. The largest absolute Gasteiger partial charge is 0.507 e. The topological polar surface area (TPSA) is 158 Å². The predicted molar refractivity (Wildman–Crippen MR) is 161 cm³/mol. The number of halogens is 3. The number of hydrogen-bond donors (Lipinski definition) is 3. The number of Topliss-reactive ketones (excluding diaryl/α,β-unsaturated/α-hetero) is 4. The molecule has 13 heteroatoms. The molecule has 10 nitrogen and oxygen atoms in total. The van der Waals surface area contributed by atoms with Gasteiger partial charge < -0.3 is 15.9 Å². The second kappa shape index (κ2) is 11.5. The number of alkyl halides is 3. The number of nitrogens with two attached hydrogens (primary N) is 1. The zero-order valence-corrected chi connectivity index (χ0v) is 26.9. The van der Waals surface area contributed by atoms with Gasteiger partial charge in [0.25, 0.3) is 0 Å². The van der Waals surface area contributed by atoms with E-state index in [4.69, 9.17) is 5.73 Å². The van der Waals surface area contributed by atoms with Crippen LogP contribution in [0.25, 0.3) is 0 Å². The maximum Gasteiger partial charge on any atom is 0.417 e. The number of benzene rings is 1. The van der Waals surface area contributed by atoms with Crippen LogP contribution < -0.4 is 5.73 Å². The Labute approximate surface area is 270 Å². The van der Waals surface area contributed by atoms with Crippen LogP contribution in [0.5, 0.6) is 5.75 Å². The molecular weight excluding hydrogens is 619 g/mol. The summed E-state index contributed by atoms with van der Waals surface area (Å²) in [4.78, 5) is 70.3. The summed E-state index contributed by atoms with van der Waals surface area (Å²) in [7, 11) is 2.89. The molecule has 0 aromatic heterocycles. The highest BCUT2D eigenvalue weighted by Gasteiger charge is 2.69. The monoisotopic (exact) mass is 661 g/mol. The van der Waals surface area contributed by atoms with Gasteiger partial charge in [0, 0.05) is 25.6 Å². The van der Waals surface area contributed by atoms with Crippen LogP contribution in [0.4, 0.5) is 13.2 Å². The van der Waals surface area contributed by atoms with E-state index in [1.807, 2.05) is 4.90 Å². The maximum atomic E-state index is 15.1. The van der Waals surface area contributed by atoms with Gasteiger partial charge in [-0.1, -0.05) is 13.3 Å². The lowest BCUT2D eigenvalue weighted by Crippen LogP contribution is -2.74. The minimum Gasteiger partial charge on any atom is -0.507 e. The van der Waals surface area contributed by atoms with Crippen molar-refractivity contribution in [3.8, 4) is 5.75 Å². The third-order valence-electron chi connectivity index (χ3n) is 11.8. The molecule has 47 heavy (non-hydrogen) atoms. The van der Waals surface area contributed by atoms with Crippen molar-refractivity contribution in [1.29, 1.82) is 0 Å². The van der Waals surface area contributed by atoms with Gasteiger partial charge in [-0.15, -0.1) is 0 Å². The Morgan fingerprint density at radius 3 is 2.28 bits per heavy atom. The average Bonchev–Trinajstić information content (AvgIpc) is 3.75. The molecule has 6 atom stereocenters. The molecule has 256 valence electrons. The number of primary amides is 1. The molecule has 5 aliphatic rings. The lowest BCUT2D eigenvalue weighted by Gasteiger charge is -2.52. The quantitative estimate of drug-likeness (QED) is 0.339. The van der Waals surface area contributed by atoms with Gasteiger partial charge in [-0.3, -0.25) is 33.8 Å². The molecule has 4 fully saturated rings. The second-order valence-corrected chi connectivity index (χ2v) is 14.9. The molecule has 0 spiro atoms. The number of phenols is 1. The summed E-state index contributed by atoms with van der Waals surface area (Å²) in [5.41, 5.74) is 0.203. The molecular formula is C34H42F3N3O7. The number of aromatic hydroxyl groups is 1. The fraction of sp³-hybridized carbons (Fsp3) is 0.676. The van der Waals surface area contributed by atoms with E-state index in [1.54, 1.807) is 0 Å². The molecule has 0 heterocycles. The molecule has 2 unspecified atom stereocenters. The Bertz CT molecular complexity index is 1540. The molecule has 0 radical (unpaired) electrons. The Hall–Kier alpha value is -3.16. The van der Waals surface area contributed by atoms with Crippen LogP contribution in [0.2, 0.25) is 0 Å². The zero-order valence-electron chi connectivity index (χ0n) is 26.9. The van der Waals surface area contributed by atoms with E-state index in [9.17, 15) is 34.2 Å². The molecule has 1 amide bonds. The summed E-state index contributed by atoms with van der Waals surface area (Å²) in [6.45, 7) is 3.29. The number of carbonyl (C=O) groups excluding carboxylic acids is 5. The number of rotatable bonds is 9. The molecule has 1 aromatic rings. The van der Waals surface area contributed by atoms with Crippen molar-refractivity contribution in [3.05, 3.63) is 28.3 Å². The highest BCUT2D eigenvalue weighted by Crippen LogP contribution is 2.53. The van der Waals surface area contributed by atoms with Crippen molar-refractivity contribution in [3.63, 3.8) is 0 Å². The average molecular weight is 662 g/mol. The van der Waals surface area contributed by atoms with Crippen LogP contribution in [-0.2, 0) is 38.3 Å². The van der Waals surface area contributed by atoms with Crippen molar-refractivity contribution < 1.29 is 47.4 Å². The minimum atomic E-state index is -4.90. The fourth-order valence-corrected chi connectivity index (χ4v) is 9.09. The molecule has 0 aliphatic heterocycles. The first kappa shape index (κ1) is 33.7. The number of hydrogen-bond acceptors (Lipinski definition) is 9. The highest BCUT2D eigenvalue weighted by molar-refractivity contribution is 6.32. The normalized spacial score (nSPS) is 31.8. The lowest BCUT2D eigenvalue weighted by atomic mass is 9.52. The summed E-state index contributed by atoms with van der Waals surface area (Å²) >= 11 is 0. The number of amides is 1. The van der Waals surface area contributed by atoms with E-state index in [0.29, 0.717) is 19.0 Å². The summed E-state index contributed by atoms with van der Waals surface area (Å²) < 4.78 is 45.2. The third-order valence-corrected chi connectivity index (χ3v) is 11.8. The number of carbonyl (C=O) groups is 5. The van der Waals surface area contributed by atoms with E-state index in [2.05, 4.69) is 6.92 Å². The molecule has 4 N–H and O–H groups in total. The van der Waals surface area contributed by atoms with Crippen LogP contribution in [0.3, 0.4) is 0 Å². The van der Waals surface area contributed by atoms with Crippen LogP contribution in [0.15, 0.2) is 6.07 Å². The van der Waals surface area contributed by atoms with E-state index in [1.165, 1.54) is 19.0 Å². The van der Waals surface area contributed by atoms with E-state index >= 15 is 13.2 Å². The summed E-state index contributed by atoms with van der Waals surface area (Å²) in [6, 6.07) is -0.369. The van der Waals surface area contributed by atoms with E-state index < -0.39 is 99.4 Å². The van der Waals surface area contributed by atoms with Crippen LogP contribution >= 0.6 is 0 Å². The van der Waals surface area contributed by atoms with Crippen molar-refractivity contribution in [2.45, 2.75) is 82.7 Å². The Morgan fingerprint density at radius 2 is 1.77 bits per heavy atom. The Morgan fingerprint density at radius 1 is 1.11 bits per heavy atom. The number of likely N-dealkylation sites (N-methyl/N-ethyl adjacent to an activating group) is 1. The van der Waals surface area contributed by atoms with Crippen LogP contribution in [0, 0.1) is 35.0 Å². The van der Waals surface area contributed by atoms with Crippen molar-refractivity contribution in [1.82, 2.24) is 9.80 Å². The maximum absolute atomic E-state index is 15.1. The van der Waals surface area contributed by atoms with Gasteiger partial charge in [-0.05, 0) is 93.5 Å². The summed E-state index contributed by atoms with van der Waals surface area (Å²) in [5, 5.41) is 22.9. The minimum absolute atomic E-state index is 0.0390. The van der Waals surface area contributed by atoms with Gasteiger partial charge in [0.2, 0.25) is 5.91 Å². The first-order valence-corrected chi connectivity index (χ1v) is 16.5. The third kappa shape index (κ3) is 5.32. The molecule has 0 bridgehead atoms. The number of nitrogens with zero attached hydrogens (tertiary/aromatic N) is 2. The first-order valence-electron chi connectivity index (χ1n) is 16.5. The van der Waals surface area contributed by atoms with Gasteiger partial charge in [-0.2, -0.15) is 13.2 Å². The lowest BCUT2D eigenvalue weighted by molar-refractivity contribution is -0.181. The van der Waals surface area contributed by atoms with Gasteiger partial charge in [-0.25, -0.2) is 0 Å². The molecule has 6 rings (SSSR count). The molecule has 5 aliphatic carbocycles. The van der Waals surface area contributed by atoms with Crippen molar-refractivity contribution in [2.75, 3.05) is 27.2 Å². The Balaban J connectivity index is 1.43. The van der Waals surface area contributed by atoms with Crippen molar-refractivity contribution >= 4 is 29.0 Å². The Kier molecular flexibility index (Phi) is 8.24. The zero-order chi connectivity index (χ0) is 34.4. The van der Waals surface area contributed by atoms with Gasteiger partial charge in [0.05, 0.1) is 23.1 Å². The van der Waals surface area contributed by atoms with Crippen LogP contribution in [-0.4, -0.2) is 87.9 Å². The van der Waals surface area contributed by atoms with Crippen LogP contribution in [0.1, 0.15) is 78.9 Å². The van der Waals surface area contributed by atoms with E-state index in [0.717, 1.165) is 44.6 Å². The van der Waals surface area contributed by atoms with Gasteiger partial charge in [0.15, 0.2) is 34.7 Å². The standard InChI is InChI=1S/C34H42F3N3O7/c1-4-32(8-5-9-32)15-40(13-16-6-7-16)14-18-12-21(41)23-19(25(18)34(35,36)37)10-17-11-20-26(39(2)3)28(43)24(31(38)46)30(45)33(20,47)29(44)22(17)27(23)42/h12,16-17,20,22,24,26,41,47H,4-11,13-15H2,1-3H3,(H2,38,46)/t17-,20-,22?,24?,26-,33-/m0/s1. The summed E-state index contributed by atoms with van der Waals surface area (Å²) in [5.74, 6) is -12.8. The fourth-order valence-electron chi connectivity index (χ4n) is 9.09. The SMILES string of the molecule is CCC1(CN(Cc2cc(O)c3c(c2C(F)(F)F)C[C@H]2C[C@H]4[C@H](N(C)C)C(=O)C(C(N)=O)C(=O)[C@@]4(O)C(=O)C2C3=O)CC2CC2)CCC1. The van der Waals surface area contributed by atoms with Gasteiger partial charge in [0.1, 0.15) is 5.75 Å². The number of phenolic OH excluding ortho intramolecular Hbond substituents is 1. The molecule has 0 saturated heterocycles. The van der Waals surface area contributed by atoms with E-state index in [-0.39, 0.29) is 23.9 Å². The smallest absolute Gasteiger partial charge is 0.417 e. The number of aliphatic hydroxyl groups is 1. The highest BCUT2D eigenvalue weighted by atomic mass is 19.4. The van der Waals surface area contributed by atoms with Gasteiger partial charge >= 0.3 is 6.18 Å². The molecule has 4 saturated carbocycles. The first-order chi connectivity index (χ1) is 21.9. The number of fused-ring (bicyclic) bond motifs is 3. The number of ketones is 4. The van der Waals surface area contributed by atoms with Crippen molar-refractivity contribution in [2.24, 2.45) is 40.7 Å². The summed E-state index contributed by atoms with van der Waals surface area (Å²) in [6.07, 6.45) is 0.352. The second-order valence-electron chi connectivity index (χ2n) is 14.9.